The minimum absolute atomic E-state index is 0.0356. The lowest BCUT2D eigenvalue weighted by Crippen LogP contribution is -2.20. The maximum absolute atomic E-state index is 9.56. The van der Waals surface area contributed by atoms with Crippen LogP contribution in [0, 0.1) is 0 Å². The van der Waals surface area contributed by atoms with Gasteiger partial charge in [0.1, 0.15) is 12.0 Å². The van der Waals surface area contributed by atoms with E-state index in [0.717, 1.165) is 38.9 Å². The van der Waals surface area contributed by atoms with Crippen LogP contribution < -0.4 is 9.64 Å². The molecule has 5 heteroatoms. The van der Waals surface area contributed by atoms with E-state index in [1.54, 1.807) is 25.8 Å². The number of methoxy groups -OCH3 is 1. The fourth-order valence-corrected chi connectivity index (χ4v) is 3.15. The average molecular weight is 334 g/mol. The number of benzene rings is 2. The molecule has 0 bridgehead atoms. The van der Waals surface area contributed by atoms with Crippen molar-refractivity contribution < 1.29 is 14.3 Å². The molecular weight excluding hydrogens is 316 g/mol. The van der Waals surface area contributed by atoms with E-state index < -0.39 is 0 Å². The molecule has 2 aromatic carbocycles. The number of fused-ring (bicyclic) bond motifs is 2. The van der Waals surface area contributed by atoms with Gasteiger partial charge >= 0.3 is 0 Å². The molecule has 0 unspecified atom stereocenters. The molecule has 0 fully saturated rings. The summed E-state index contributed by atoms with van der Waals surface area (Å²) in [5, 5.41) is 12.7. The van der Waals surface area contributed by atoms with E-state index in [-0.39, 0.29) is 6.61 Å². The molecule has 2 aromatic heterocycles. The molecule has 0 saturated carbocycles. The zero-order valence-electron chi connectivity index (χ0n) is 13.8. The fraction of sp³-hybridized carbons (Fsp3) is 0.150. The quantitative estimate of drug-likeness (QED) is 0.595. The summed E-state index contributed by atoms with van der Waals surface area (Å²) in [5.74, 6) is 0.845. The summed E-state index contributed by atoms with van der Waals surface area (Å²) in [7, 11) is 1.67. The summed E-state index contributed by atoms with van der Waals surface area (Å²) in [4.78, 5) is 6.14. The van der Waals surface area contributed by atoms with Crippen molar-refractivity contribution in [3.8, 4) is 5.75 Å². The van der Waals surface area contributed by atoms with Gasteiger partial charge in [0, 0.05) is 29.2 Å². The molecule has 0 atom stereocenters. The Morgan fingerprint density at radius 3 is 2.92 bits per heavy atom. The minimum Gasteiger partial charge on any atom is -0.496 e. The van der Waals surface area contributed by atoms with Gasteiger partial charge in [-0.3, -0.25) is 4.98 Å². The molecule has 1 N–H and O–H groups in total. The zero-order chi connectivity index (χ0) is 17.2. The lowest BCUT2D eigenvalue weighted by atomic mass is 10.1. The Kier molecular flexibility index (Phi) is 3.99. The summed E-state index contributed by atoms with van der Waals surface area (Å²) in [6, 6.07) is 14.1. The van der Waals surface area contributed by atoms with Crippen LogP contribution in [0.25, 0.3) is 21.7 Å². The topological polar surface area (TPSA) is 58.7 Å². The second kappa shape index (κ2) is 6.45. The van der Waals surface area contributed by atoms with E-state index in [4.69, 9.17) is 9.15 Å². The van der Waals surface area contributed by atoms with Crippen molar-refractivity contribution in [1.82, 2.24) is 4.98 Å². The number of hydrogen-bond donors (Lipinski definition) is 1. The standard InChI is InChI=1S/C20H18N2O3/c1-24-19-4-2-3-14-11-15(5-6-16(14)19)22(9-10-23)18-13-25-20-12-21-8-7-17(18)20/h2-8,11-13,23H,9-10H2,1H3. The third-order valence-electron chi connectivity index (χ3n) is 4.33. The Bertz CT molecular complexity index is 1030. The molecule has 25 heavy (non-hydrogen) atoms. The van der Waals surface area contributed by atoms with Crippen molar-refractivity contribution in [1.29, 1.82) is 0 Å². The van der Waals surface area contributed by atoms with Crippen LogP contribution in [0.15, 0.2) is 65.5 Å². The normalized spacial score (nSPS) is 11.1. The lowest BCUT2D eigenvalue weighted by Gasteiger charge is -2.23. The molecule has 0 aliphatic rings. The molecule has 126 valence electrons. The summed E-state index contributed by atoms with van der Waals surface area (Å²) in [6.07, 6.45) is 5.14. The number of anilines is 2. The molecule has 0 saturated heterocycles. The van der Waals surface area contributed by atoms with Gasteiger partial charge in [0.2, 0.25) is 0 Å². The van der Waals surface area contributed by atoms with E-state index in [0.29, 0.717) is 6.54 Å². The van der Waals surface area contributed by atoms with Gasteiger partial charge in [-0.25, -0.2) is 0 Å². The molecular formula is C20H18N2O3. The highest BCUT2D eigenvalue weighted by Gasteiger charge is 2.16. The van der Waals surface area contributed by atoms with Gasteiger partial charge in [-0.2, -0.15) is 0 Å². The summed E-state index contributed by atoms with van der Waals surface area (Å²) in [6.45, 7) is 0.500. The maximum Gasteiger partial charge on any atom is 0.154 e. The molecule has 4 aromatic rings. The van der Waals surface area contributed by atoms with Gasteiger partial charge in [0.25, 0.3) is 0 Å². The van der Waals surface area contributed by atoms with Crippen LogP contribution in [0.2, 0.25) is 0 Å². The number of furan rings is 1. The number of aliphatic hydroxyl groups is 1. The van der Waals surface area contributed by atoms with E-state index in [9.17, 15) is 5.11 Å². The van der Waals surface area contributed by atoms with Gasteiger partial charge in [-0.05, 0) is 35.7 Å². The van der Waals surface area contributed by atoms with Gasteiger partial charge < -0.3 is 19.2 Å². The highest BCUT2D eigenvalue weighted by atomic mass is 16.5. The van der Waals surface area contributed by atoms with E-state index in [2.05, 4.69) is 17.1 Å². The Morgan fingerprint density at radius 2 is 2.08 bits per heavy atom. The predicted octanol–water partition coefficient (Wildman–Crippen LogP) is 4.12. The van der Waals surface area contributed by atoms with Crippen LogP contribution in [0.5, 0.6) is 5.75 Å². The van der Waals surface area contributed by atoms with Crippen molar-refractivity contribution in [2.75, 3.05) is 25.2 Å². The highest BCUT2D eigenvalue weighted by molar-refractivity contribution is 5.95. The van der Waals surface area contributed by atoms with Crippen LogP contribution in [0.1, 0.15) is 0 Å². The third kappa shape index (κ3) is 2.68. The predicted molar refractivity (Wildman–Crippen MR) is 98.6 cm³/mol. The van der Waals surface area contributed by atoms with E-state index in [1.165, 1.54) is 0 Å². The van der Waals surface area contributed by atoms with Gasteiger partial charge in [-0.15, -0.1) is 0 Å². The SMILES string of the molecule is COc1cccc2cc(N(CCO)c3coc4cnccc34)ccc12. The van der Waals surface area contributed by atoms with E-state index >= 15 is 0 Å². The Morgan fingerprint density at radius 1 is 1.16 bits per heavy atom. The number of rotatable bonds is 5. The molecule has 0 aliphatic carbocycles. The Labute approximate surface area is 145 Å². The first-order chi connectivity index (χ1) is 12.3. The molecule has 5 nitrogen and oxygen atoms in total. The van der Waals surface area contributed by atoms with Gasteiger partial charge in [0.15, 0.2) is 5.58 Å². The van der Waals surface area contributed by atoms with Crippen LogP contribution >= 0.6 is 0 Å². The van der Waals surface area contributed by atoms with Crippen molar-refractivity contribution in [2.24, 2.45) is 0 Å². The van der Waals surface area contributed by atoms with Crippen LogP contribution in [0.4, 0.5) is 11.4 Å². The fourth-order valence-electron chi connectivity index (χ4n) is 3.15. The van der Waals surface area contributed by atoms with Crippen molar-refractivity contribution in [3.05, 3.63) is 61.1 Å². The number of aromatic nitrogens is 1. The number of nitrogens with zero attached hydrogens (tertiary/aromatic N) is 2. The van der Waals surface area contributed by atoms with Crippen molar-refractivity contribution in [3.63, 3.8) is 0 Å². The van der Waals surface area contributed by atoms with E-state index in [1.807, 2.05) is 35.2 Å². The maximum atomic E-state index is 9.56. The molecule has 2 heterocycles. The second-order valence-corrected chi connectivity index (χ2v) is 5.73. The Balaban J connectivity index is 1.85. The zero-order valence-corrected chi connectivity index (χ0v) is 13.8. The lowest BCUT2D eigenvalue weighted by molar-refractivity contribution is 0.305. The Hall–Kier alpha value is -3.05. The third-order valence-corrected chi connectivity index (χ3v) is 4.33. The summed E-state index contributed by atoms with van der Waals surface area (Å²) < 4.78 is 11.0. The number of ether oxygens (including phenoxy) is 1. The number of hydrogen-bond acceptors (Lipinski definition) is 5. The first-order valence-electron chi connectivity index (χ1n) is 8.08. The smallest absolute Gasteiger partial charge is 0.154 e. The average Bonchev–Trinajstić information content (AvgIpc) is 3.09. The summed E-state index contributed by atoms with van der Waals surface area (Å²) >= 11 is 0. The first-order valence-corrected chi connectivity index (χ1v) is 8.08. The summed E-state index contributed by atoms with van der Waals surface area (Å²) in [5.41, 5.74) is 2.62. The number of aliphatic hydroxyl groups excluding tert-OH is 1. The first kappa shape index (κ1) is 15.5. The number of pyridine rings is 1. The molecule has 0 spiro atoms. The largest absolute Gasteiger partial charge is 0.496 e. The van der Waals surface area contributed by atoms with Crippen molar-refractivity contribution >= 4 is 33.1 Å². The molecule has 4 rings (SSSR count). The monoisotopic (exact) mass is 334 g/mol. The second-order valence-electron chi connectivity index (χ2n) is 5.73. The van der Waals surface area contributed by atoms with Crippen molar-refractivity contribution in [2.45, 2.75) is 0 Å². The highest BCUT2D eigenvalue weighted by Crippen LogP contribution is 2.36. The van der Waals surface area contributed by atoms with Crippen LogP contribution in [0.3, 0.4) is 0 Å². The molecule has 0 aliphatic heterocycles. The molecule has 0 radical (unpaired) electrons. The minimum atomic E-state index is 0.0356. The van der Waals surface area contributed by atoms with Gasteiger partial charge in [-0.1, -0.05) is 12.1 Å². The molecule has 0 amide bonds. The van der Waals surface area contributed by atoms with Gasteiger partial charge in [0.05, 0.1) is 25.6 Å². The van der Waals surface area contributed by atoms with Crippen LogP contribution in [-0.2, 0) is 0 Å². The van der Waals surface area contributed by atoms with Crippen LogP contribution in [-0.4, -0.2) is 30.4 Å².